The van der Waals surface area contributed by atoms with E-state index in [2.05, 4.69) is 43.3 Å². The molecule has 0 aliphatic heterocycles. The highest BCUT2D eigenvalue weighted by Crippen LogP contribution is 2.40. The third kappa shape index (κ3) is 11.3. The summed E-state index contributed by atoms with van der Waals surface area (Å²) in [6.45, 7) is 5.13. The second kappa shape index (κ2) is 19.1. The van der Waals surface area contributed by atoms with Crippen molar-refractivity contribution in [1.82, 2.24) is 29.8 Å². The molecule has 17 heteroatoms. The van der Waals surface area contributed by atoms with Gasteiger partial charge in [-0.3, -0.25) is 0 Å². The van der Waals surface area contributed by atoms with Crippen molar-refractivity contribution in [2.75, 3.05) is 33.7 Å². The molecule has 14 nitrogen and oxygen atoms in total. The first-order valence-corrected chi connectivity index (χ1v) is 21.0. The number of halogens is 1. The number of rotatable bonds is 17. The summed E-state index contributed by atoms with van der Waals surface area (Å²) in [4.78, 5) is 14.4. The number of alkyl carbamates (subject to hydrolysis) is 1. The van der Waals surface area contributed by atoms with Crippen molar-refractivity contribution in [2.45, 2.75) is 61.8 Å². The molecule has 0 aliphatic rings. The molecule has 2 N–H and O–H groups in total. The number of nitrogens with one attached hydrogen (secondary N) is 1. The highest BCUT2D eigenvalue weighted by Gasteiger charge is 2.34. The van der Waals surface area contributed by atoms with E-state index >= 15 is 8.42 Å². The van der Waals surface area contributed by atoms with E-state index in [1.54, 1.807) is 78.5 Å². The Balaban J connectivity index is 1.60. The van der Waals surface area contributed by atoms with Gasteiger partial charge in [0.1, 0.15) is 27.7 Å². The molecule has 5 rings (SSSR count). The molecule has 1 unspecified atom stereocenters. The van der Waals surface area contributed by atoms with E-state index < -0.39 is 34.4 Å². The van der Waals surface area contributed by atoms with Gasteiger partial charge in [-0.25, -0.2) is 13.2 Å². The van der Waals surface area contributed by atoms with Crippen molar-refractivity contribution in [3.8, 4) is 28.6 Å². The van der Waals surface area contributed by atoms with Gasteiger partial charge >= 0.3 is 6.09 Å². The van der Waals surface area contributed by atoms with E-state index in [1.165, 1.54) is 20.9 Å². The van der Waals surface area contributed by atoms with Crippen LogP contribution in [0.5, 0.6) is 17.2 Å². The smallest absolute Gasteiger partial charge is 0.407 e. The Morgan fingerprint density at radius 1 is 0.857 bits per heavy atom. The molecule has 0 radical (unpaired) electrons. The number of ether oxygens (including phenoxy) is 4. The number of nitrogens with zero attached hydrogens (tertiary/aromatic N) is 5. The van der Waals surface area contributed by atoms with Crippen LogP contribution in [0.4, 0.5) is 4.79 Å². The van der Waals surface area contributed by atoms with E-state index in [0.717, 1.165) is 16.7 Å². The Morgan fingerprint density at radius 3 is 1.86 bits per heavy atom. The molecule has 1 amide bonds. The van der Waals surface area contributed by atoms with Crippen LogP contribution < -0.4 is 19.5 Å². The van der Waals surface area contributed by atoms with Gasteiger partial charge in [0.05, 0.1) is 46.1 Å². The zero-order valence-electron chi connectivity index (χ0n) is 31.9. The molecule has 1 aromatic heterocycles. The quantitative estimate of drug-likeness (QED) is 0.0781. The van der Waals surface area contributed by atoms with Crippen molar-refractivity contribution in [2.24, 2.45) is 0 Å². The summed E-state index contributed by atoms with van der Waals surface area (Å²) < 4.78 is 54.1. The number of hydrogen-bond donors (Lipinski definition) is 2. The lowest BCUT2D eigenvalue weighted by Gasteiger charge is -2.26. The van der Waals surface area contributed by atoms with Gasteiger partial charge in [-0.1, -0.05) is 36.4 Å². The van der Waals surface area contributed by atoms with Crippen molar-refractivity contribution < 1.29 is 37.3 Å². The van der Waals surface area contributed by atoms with Crippen LogP contribution in [0, 0.1) is 3.57 Å². The third-order valence-electron chi connectivity index (χ3n) is 8.25. The standard InChI is InChI=1S/C39H45IN6O8S2/c1-39(2,3)54-38(48)41-29(24-47)25-55-34-20-19-33(40)35(37-42-44-46(43-37)23-28-11-17-32(53-6)18-12-28)36(34)56(49,50)45(21-26-7-13-30(51-4)14-8-26)22-27-9-15-31(52-5)16-10-27/h7-20,29,47H,21-25H2,1-6H3,(H,41,48). The number of carbonyl (C=O) groups excluding carboxylic acids is 1. The van der Waals surface area contributed by atoms with Gasteiger partial charge in [0, 0.05) is 27.3 Å². The number of hydrogen-bond acceptors (Lipinski definition) is 12. The van der Waals surface area contributed by atoms with Gasteiger partial charge in [-0.2, -0.15) is 9.10 Å². The molecule has 56 heavy (non-hydrogen) atoms. The summed E-state index contributed by atoms with van der Waals surface area (Å²) in [6, 6.07) is 24.6. The van der Waals surface area contributed by atoms with Crippen LogP contribution >= 0.6 is 34.4 Å². The lowest BCUT2D eigenvalue weighted by molar-refractivity contribution is 0.0491. The first-order chi connectivity index (χ1) is 26.7. The van der Waals surface area contributed by atoms with Crippen LogP contribution in [0.2, 0.25) is 0 Å². The number of methoxy groups -OCH3 is 3. The SMILES string of the molecule is COc1ccc(CN(Cc2ccc(OC)cc2)S(=O)(=O)c2c(SCC(CO)NC(=O)OC(C)(C)C)ccc(I)c2-c2nnn(Cc3ccc(OC)cc3)n2)cc1. The Hall–Kier alpha value is -4.43. The van der Waals surface area contributed by atoms with E-state index in [0.29, 0.717) is 25.7 Å². The monoisotopic (exact) mass is 916 g/mol. The summed E-state index contributed by atoms with van der Waals surface area (Å²) in [7, 11) is 0.350. The van der Waals surface area contributed by atoms with Crippen LogP contribution in [-0.4, -0.2) is 89.5 Å². The molecule has 0 spiro atoms. The normalized spacial score (nSPS) is 12.3. The number of amides is 1. The topological polar surface area (TPSA) is 167 Å². The number of tetrazole rings is 1. The molecule has 0 fully saturated rings. The highest BCUT2D eigenvalue weighted by atomic mass is 127. The fourth-order valence-corrected chi connectivity index (χ4v) is 9.46. The Morgan fingerprint density at radius 2 is 1.38 bits per heavy atom. The zero-order valence-corrected chi connectivity index (χ0v) is 35.7. The Labute approximate surface area is 345 Å². The molecule has 1 heterocycles. The van der Waals surface area contributed by atoms with Gasteiger partial charge in [0.25, 0.3) is 0 Å². The maximum atomic E-state index is 15.4. The molecule has 1 atom stereocenters. The minimum atomic E-state index is -4.38. The lowest BCUT2D eigenvalue weighted by Crippen LogP contribution is -2.42. The lowest BCUT2D eigenvalue weighted by atomic mass is 10.2. The molecular weight excluding hydrogens is 872 g/mol. The van der Waals surface area contributed by atoms with Gasteiger partial charge < -0.3 is 29.4 Å². The van der Waals surface area contributed by atoms with E-state index in [4.69, 9.17) is 18.9 Å². The van der Waals surface area contributed by atoms with E-state index in [-0.39, 0.29) is 41.7 Å². The fourth-order valence-electron chi connectivity index (χ4n) is 5.45. The van der Waals surface area contributed by atoms with Crippen LogP contribution in [0.1, 0.15) is 37.5 Å². The van der Waals surface area contributed by atoms with Crippen molar-refractivity contribution in [1.29, 1.82) is 0 Å². The number of sulfonamides is 1. The minimum Gasteiger partial charge on any atom is -0.497 e. The number of benzene rings is 4. The number of aliphatic hydroxyl groups excluding tert-OH is 1. The molecule has 0 aliphatic carbocycles. The summed E-state index contributed by atoms with van der Waals surface area (Å²) in [5.41, 5.74) is 1.87. The number of carbonyl (C=O) groups is 1. The van der Waals surface area contributed by atoms with Crippen molar-refractivity contribution >= 4 is 50.5 Å². The van der Waals surface area contributed by atoms with Gasteiger partial charge in [0.15, 0.2) is 0 Å². The van der Waals surface area contributed by atoms with Crippen LogP contribution in [0.25, 0.3) is 11.4 Å². The maximum Gasteiger partial charge on any atom is 0.407 e. The van der Waals surface area contributed by atoms with Crippen LogP contribution in [-0.2, 0) is 34.4 Å². The first kappa shape index (κ1) is 42.7. The van der Waals surface area contributed by atoms with E-state index in [1.807, 2.05) is 48.5 Å². The van der Waals surface area contributed by atoms with Gasteiger partial charge in [0.2, 0.25) is 15.8 Å². The summed E-state index contributed by atoms with van der Waals surface area (Å²) in [5.74, 6) is 2.22. The summed E-state index contributed by atoms with van der Waals surface area (Å²) in [5, 5.41) is 26.2. The van der Waals surface area contributed by atoms with Crippen LogP contribution in [0.3, 0.4) is 0 Å². The molecule has 0 saturated carbocycles. The summed E-state index contributed by atoms with van der Waals surface area (Å²) in [6.07, 6.45) is -0.698. The molecule has 4 aromatic carbocycles. The second-order valence-electron chi connectivity index (χ2n) is 13.5. The Bertz CT molecular complexity index is 2130. The average molecular weight is 917 g/mol. The predicted molar refractivity (Wildman–Crippen MR) is 221 cm³/mol. The molecule has 5 aromatic rings. The molecular formula is C39H45IN6O8S2. The molecule has 0 saturated heterocycles. The summed E-state index contributed by atoms with van der Waals surface area (Å²) >= 11 is 3.26. The third-order valence-corrected chi connectivity index (χ3v) is 12.4. The van der Waals surface area contributed by atoms with Crippen molar-refractivity contribution in [3.63, 3.8) is 0 Å². The van der Waals surface area contributed by atoms with E-state index in [9.17, 15) is 9.90 Å². The molecule has 0 bridgehead atoms. The fraction of sp³-hybridized carbons (Fsp3) is 0.333. The number of thioether (sulfide) groups is 1. The second-order valence-corrected chi connectivity index (χ2v) is 17.6. The number of aromatic nitrogens is 4. The maximum absolute atomic E-state index is 15.4. The van der Waals surface area contributed by atoms with Gasteiger partial charge in [-0.05, 0) is 114 Å². The number of aliphatic hydroxyl groups is 1. The first-order valence-electron chi connectivity index (χ1n) is 17.5. The van der Waals surface area contributed by atoms with Gasteiger partial charge in [-0.15, -0.1) is 22.0 Å². The average Bonchev–Trinajstić information content (AvgIpc) is 3.64. The zero-order chi connectivity index (χ0) is 40.5. The largest absolute Gasteiger partial charge is 0.497 e. The van der Waals surface area contributed by atoms with Crippen molar-refractivity contribution in [3.05, 3.63) is 105 Å². The van der Waals surface area contributed by atoms with Crippen LogP contribution in [0.15, 0.2) is 94.7 Å². The molecule has 298 valence electrons. The minimum absolute atomic E-state index is 0.0183. The predicted octanol–water partition coefficient (Wildman–Crippen LogP) is 6.39. The Kier molecular flexibility index (Phi) is 14.6. The highest BCUT2D eigenvalue weighted by molar-refractivity contribution is 14.1.